The highest BCUT2D eigenvalue weighted by Gasteiger charge is 2.62. The molecule has 3 aliphatic heterocycles. The number of aliphatic hydroxyl groups is 1. The summed E-state index contributed by atoms with van der Waals surface area (Å²) in [5, 5.41) is 28.7. The van der Waals surface area contributed by atoms with Gasteiger partial charge in [0.25, 0.3) is 0 Å². The SMILES string of the molecule is CC[C@H]1OC(=O)[C@H](C)C(=O)[C@H](C)[C@@H](OC2OC(C)CC(N(C)C)C2O)[C@@](C)(OC)C[C@@H](C)C(=O)[C@H](C)C2C(/C(N)=N\OCc3cc(-c4cc(C#N)ccn4)no3)C(=O)O[C@@]21C. The molecule has 3 N–H and O–H groups in total. The number of aliphatic hydroxyl groups excluding tert-OH is 1. The summed E-state index contributed by atoms with van der Waals surface area (Å²) in [5.74, 6) is -8.92. The number of carbonyl (C=O) groups excluding carboxylic acids is 4. The Kier molecular flexibility index (Phi) is 14.8. The van der Waals surface area contributed by atoms with Crippen LogP contribution in [0.1, 0.15) is 86.0 Å². The molecule has 3 saturated heterocycles. The number of nitrogens with zero attached hydrogens (tertiary/aromatic N) is 5. The minimum atomic E-state index is -1.60. The highest BCUT2D eigenvalue weighted by molar-refractivity contribution is 6.03. The Bertz CT molecular complexity index is 2000. The quantitative estimate of drug-likeness (QED) is 0.114. The summed E-state index contributed by atoms with van der Waals surface area (Å²) >= 11 is 0. The molecule has 0 amide bonds. The molecule has 5 heterocycles. The van der Waals surface area contributed by atoms with E-state index in [1.54, 1.807) is 59.7 Å². The first-order chi connectivity index (χ1) is 28.7. The van der Waals surface area contributed by atoms with Crippen molar-refractivity contribution < 1.29 is 57.3 Å². The van der Waals surface area contributed by atoms with Crippen molar-refractivity contribution in [1.82, 2.24) is 15.0 Å². The minimum absolute atomic E-state index is 0.0333. The number of oxime groups is 1. The second-order valence-electron chi connectivity index (χ2n) is 17.3. The van der Waals surface area contributed by atoms with Crippen molar-refractivity contribution in [3.8, 4) is 17.5 Å². The van der Waals surface area contributed by atoms with Crippen molar-refractivity contribution in [3.05, 3.63) is 35.7 Å². The number of rotatable bonds is 10. The van der Waals surface area contributed by atoms with E-state index in [0.29, 0.717) is 23.4 Å². The van der Waals surface area contributed by atoms with Gasteiger partial charge >= 0.3 is 11.9 Å². The van der Waals surface area contributed by atoms with E-state index in [1.165, 1.54) is 20.2 Å². The van der Waals surface area contributed by atoms with Crippen molar-refractivity contribution in [2.75, 3.05) is 21.2 Å². The topological polar surface area (TPSA) is 248 Å². The molecule has 14 atom stereocenters. The van der Waals surface area contributed by atoms with Crippen LogP contribution in [0.4, 0.5) is 0 Å². The van der Waals surface area contributed by atoms with Crippen LogP contribution >= 0.6 is 0 Å². The number of Topliss-reactive ketones (excluding diaryl/α,β-unsaturated/α-hetero) is 2. The molecule has 3 aliphatic rings. The van der Waals surface area contributed by atoms with Gasteiger partial charge in [-0.3, -0.25) is 24.2 Å². The molecule has 334 valence electrons. The number of cyclic esters (lactones) is 1. The molecule has 0 saturated carbocycles. The average Bonchev–Trinajstić information content (AvgIpc) is 3.82. The molecule has 0 bridgehead atoms. The number of methoxy groups -OCH3 is 1. The number of fused-ring (bicyclic) bond motifs is 1. The van der Waals surface area contributed by atoms with Gasteiger partial charge in [0.2, 0.25) is 0 Å². The normalized spacial score (nSPS) is 36.8. The molecular weight excluding hydrogens is 793 g/mol. The molecule has 0 aliphatic carbocycles. The first-order valence-electron chi connectivity index (χ1n) is 20.7. The molecule has 0 spiro atoms. The maximum atomic E-state index is 14.7. The molecule has 18 heteroatoms. The number of pyridine rings is 1. The third-order valence-electron chi connectivity index (χ3n) is 12.8. The number of aromatic nitrogens is 2. The Morgan fingerprint density at radius 3 is 2.41 bits per heavy atom. The van der Waals surface area contributed by atoms with Gasteiger partial charge in [0, 0.05) is 49.1 Å². The molecular formula is C43H60N6O12. The monoisotopic (exact) mass is 852 g/mol. The largest absolute Gasteiger partial charge is 0.458 e. The molecule has 2 aromatic rings. The smallest absolute Gasteiger partial charge is 0.317 e. The predicted molar refractivity (Wildman–Crippen MR) is 217 cm³/mol. The summed E-state index contributed by atoms with van der Waals surface area (Å²) in [5.41, 5.74) is 4.72. The van der Waals surface area contributed by atoms with Crippen LogP contribution in [0, 0.1) is 46.8 Å². The fourth-order valence-corrected chi connectivity index (χ4v) is 9.31. The van der Waals surface area contributed by atoms with E-state index in [1.807, 2.05) is 32.0 Å². The molecule has 0 radical (unpaired) electrons. The van der Waals surface area contributed by atoms with Crippen LogP contribution in [0.3, 0.4) is 0 Å². The zero-order valence-electron chi connectivity index (χ0n) is 36.8. The van der Waals surface area contributed by atoms with Gasteiger partial charge in [-0.05, 0) is 73.2 Å². The standard InChI is InChI=1S/C43H60N6O12/c1-12-31-43(8)33(32(40(54)60-43)38(45)48-56-20-27-17-29(47-61-27)28-16-26(19-44)13-14-46-28)23(4)34(50)21(2)18-42(7,55-11)37(24(5)35(51)25(6)39(53)58-31)59-41-36(52)30(49(9)10)15-22(3)57-41/h13-14,16-17,21-25,30-33,36-37,41,52H,12,15,18,20H2,1-11H3,(H2,45,48)/t21-,22?,23-,24+,25-,30?,31-,32?,33?,36?,37-,41?,42+,43-/m1/s1. The summed E-state index contributed by atoms with van der Waals surface area (Å²) in [7, 11) is 5.14. The highest BCUT2D eigenvalue weighted by Crippen LogP contribution is 2.48. The van der Waals surface area contributed by atoms with Crippen LogP contribution in [0.2, 0.25) is 0 Å². The first-order valence-corrected chi connectivity index (χ1v) is 20.7. The Morgan fingerprint density at radius 2 is 1.77 bits per heavy atom. The van der Waals surface area contributed by atoms with Gasteiger partial charge in [0.15, 0.2) is 35.9 Å². The fraction of sp³-hybridized carbons (Fsp3) is 0.674. The zero-order valence-corrected chi connectivity index (χ0v) is 36.8. The van der Waals surface area contributed by atoms with Gasteiger partial charge in [-0.25, -0.2) is 0 Å². The van der Waals surface area contributed by atoms with E-state index < -0.39 is 89.0 Å². The first kappa shape index (κ1) is 47.3. The Morgan fingerprint density at radius 1 is 1.07 bits per heavy atom. The van der Waals surface area contributed by atoms with E-state index in [-0.39, 0.29) is 49.0 Å². The van der Waals surface area contributed by atoms with Gasteiger partial charge in [-0.1, -0.05) is 38.0 Å². The molecule has 5 rings (SSSR count). The number of ether oxygens (including phenoxy) is 5. The maximum absolute atomic E-state index is 14.7. The molecule has 18 nitrogen and oxygen atoms in total. The second-order valence-corrected chi connectivity index (χ2v) is 17.3. The van der Waals surface area contributed by atoms with E-state index in [9.17, 15) is 29.5 Å². The third-order valence-corrected chi connectivity index (χ3v) is 12.8. The van der Waals surface area contributed by atoms with Crippen LogP contribution in [-0.4, -0.2) is 119 Å². The second kappa shape index (κ2) is 19.1. The van der Waals surface area contributed by atoms with Crippen molar-refractivity contribution in [1.29, 1.82) is 5.26 Å². The van der Waals surface area contributed by atoms with Gasteiger partial charge in [-0.15, -0.1) is 0 Å². The molecule has 6 unspecified atom stereocenters. The number of nitrogens with two attached hydrogens (primary N) is 1. The highest BCUT2D eigenvalue weighted by atomic mass is 16.7. The number of hydrogen-bond donors (Lipinski definition) is 2. The van der Waals surface area contributed by atoms with Crippen LogP contribution in [-0.2, 0) is 54.3 Å². The Labute approximate surface area is 356 Å². The van der Waals surface area contributed by atoms with Crippen LogP contribution in [0.25, 0.3) is 11.4 Å². The Hall–Kier alpha value is -4.80. The van der Waals surface area contributed by atoms with Gasteiger partial charge in [0.1, 0.15) is 35.5 Å². The number of amidine groups is 1. The lowest BCUT2D eigenvalue weighted by atomic mass is 9.67. The lowest BCUT2D eigenvalue weighted by Crippen LogP contribution is -2.59. The van der Waals surface area contributed by atoms with Crippen molar-refractivity contribution in [2.24, 2.45) is 46.4 Å². The number of nitriles is 1. The minimum Gasteiger partial charge on any atom is -0.458 e. The van der Waals surface area contributed by atoms with Crippen LogP contribution in [0.15, 0.2) is 34.1 Å². The molecule has 61 heavy (non-hydrogen) atoms. The molecule has 2 aromatic heterocycles. The van der Waals surface area contributed by atoms with Crippen LogP contribution in [0.5, 0.6) is 0 Å². The number of likely N-dealkylation sites (N-methyl/N-ethyl adjacent to an activating group) is 1. The van der Waals surface area contributed by atoms with E-state index in [4.69, 9.17) is 38.8 Å². The molecule has 0 aromatic carbocycles. The third kappa shape index (κ3) is 9.66. The van der Waals surface area contributed by atoms with Crippen molar-refractivity contribution in [2.45, 2.75) is 129 Å². The summed E-state index contributed by atoms with van der Waals surface area (Å²) in [4.78, 5) is 68.6. The molecule has 3 fully saturated rings. The van der Waals surface area contributed by atoms with E-state index in [0.717, 1.165) is 0 Å². The summed E-state index contributed by atoms with van der Waals surface area (Å²) < 4.78 is 36.3. The predicted octanol–water partition coefficient (Wildman–Crippen LogP) is 3.57. The lowest BCUT2D eigenvalue weighted by molar-refractivity contribution is -0.295. The lowest BCUT2D eigenvalue weighted by Gasteiger charge is -2.47. The van der Waals surface area contributed by atoms with E-state index >= 15 is 0 Å². The van der Waals surface area contributed by atoms with Crippen LogP contribution < -0.4 is 5.73 Å². The van der Waals surface area contributed by atoms with E-state index in [2.05, 4.69) is 15.3 Å². The average molecular weight is 853 g/mol. The summed E-state index contributed by atoms with van der Waals surface area (Å²) in [6.45, 7) is 13.1. The van der Waals surface area contributed by atoms with Crippen molar-refractivity contribution >= 4 is 29.3 Å². The van der Waals surface area contributed by atoms with Gasteiger partial charge in [-0.2, -0.15) is 5.26 Å². The zero-order chi connectivity index (χ0) is 45.1. The number of hydrogen-bond acceptors (Lipinski definition) is 17. The fourth-order valence-electron chi connectivity index (χ4n) is 9.31. The Balaban J connectivity index is 1.48. The van der Waals surface area contributed by atoms with Gasteiger partial charge < -0.3 is 48.8 Å². The number of carbonyl (C=O) groups is 4. The maximum Gasteiger partial charge on any atom is 0.317 e. The number of esters is 2. The van der Waals surface area contributed by atoms with Gasteiger partial charge in [0.05, 0.1) is 35.1 Å². The van der Waals surface area contributed by atoms with Crippen molar-refractivity contribution in [3.63, 3.8) is 0 Å². The number of ketones is 2. The summed E-state index contributed by atoms with van der Waals surface area (Å²) in [6, 6.07) is 6.39. The summed E-state index contributed by atoms with van der Waals surface area (Å²) in [6.07, 6.45) is -2.60.